The second kappa shape index (κ2) is 6.86. The Morgan fingerprint density at radius 1 is 1.15 bits per heavy atom. The summed E-state index contributed by atoms with van der Waals surface area (Å²) in [5.41, 5.74) is 0.959. The number of hydrogen-bond donors (Lipinski definition) is 1. The predicted molar refractivity (Wildman–Crippen MR) is 95.0 cm³/mol. The number of carbonyl (C=O) groups excluding carboxylic acids is 2. The summed E-state index contributed by atoms with van der Waals surface area (Å²) in [5.74, 6) is 0.463. The van der Waals surface area contributed by atoms with Crippen LogP contribution in [0.5, 0.6) is 5.75 Å². The van der Waals surface area contributed by atoms with Crippen LogP contribution in [0.3, 0.4) is 0 Å². The molecular formula is C20H22N2O4. The number of rotatable bonds is 5. The minimum Gasteiger partial charge on any atom is -0.496 e. The van der Waals surface area contributed by atoms with Crippen molar-refractivity contribution in [2.24, 2.45) is 5.92 Å². The van der Waals surface area contributed by atoms with Gasteiger partial charge in [0.15, 0.2) is 5.76 Å². The molecule has 136 valence electrons. The summed E-state index contributed by atoms with van der Waals surface area (Å²) in [6, 6.07) is 11.3. The summed E-state index contributed by atoms with van der Waals surface area (Å²) in [5, 5.41) is 3.09. The van der Waals surface area contributed by atoms with Gasteiger partial charge in [-0.05, 0) is 36.6 Å². The molecule has 1 saturated heterocycles. The van der Waals surface area contributed by atoms with E-state index in [0.29, 0.717) is 18.8 Å². The van der Waals surface area contributed by atoms with Crippen LogP contribution in [0.1, 0.15) is 34.9 Å². The molecule has 0 radical (unpaired) electrons. The van der Waals surface area contributed by atoms with E-state index in [9.17, 15) is 9.59 Å². The second-order valence-electron chi connectivity index (χ2n) is 6.93. The fraction of sp³-hybridized carbons (Fsp3) is 0.400. The highest BCUT2D eigenvalue weighted by molar-refractivity contribution is 5.93. The van der Waals surface area contributed by atoms with Crippen molar-refractivity contribution in [3.8, 4) is 5.75 Å². The Morgan fingerprint density at radius 2 is 1.96 bits per heavy atom. The fourth-order valence-corrected chi connectivity index (χ4v) is 3.62. The van der Waals surface area contributed by atoms with Crippen molar-refractivity contribution in [2.45, 2.75) is 24.8 Å². The number of nitrogens with one attached hydrogen (secondary N) is 1. The van der Waals surface area contributed by atoms with E-state index in [0.717, 1.165) is 24.2 Å². The highest BCUT2D eigenvalue weighted by Crippen LogP contribution is 2.38. The molecule has 1 aromatic carbocycles. The summed E-state index contributed by atoms with van der Waals surface area (Å²) in [6.45, 7) is 0.837. The van der Waals surface area contributed by atoms with Gasteiger partial charge < -0.3 is 19.4 Å². The van der Waals surface area contributed by atoms with Gasteiger partial charge >= 0.3 is 0 Å². The Kier molecular flexibility index (Phi) is 4.41. The lowest BCUT2D eigenvalue weighted by atomic mass is 9.87. The first-order chi connectivity index (χ1) is 12.7. The van der Waals surface area contributed by atoms with E-state index in [-0.39, 0.29) is 29.7 Å². The lowest BCUT2D eigenvalue weighted by Gasteiger charge is -2.20. The van der Waals surface area contributed by atoms with Crippen molar-refractivity contribution in [1.29, 1.82) is 0 Å². The first-order valence-corrected chi connectivity index (χ1v) is 8.93. The minimum atomic E-state index is -0.300. The average Bonchev–Trinajstić information content (AvgIpc) is 3.16. The number of benzene rings is 1. The van der Waals surface area contributed by atoms with E-state index >= 15 is 0 Å². The lowest BCUT2D eigenvalue weighted by molar-refractivity contribution is -0.125. The van der Waals surface area contributed by atoms with Crippen LogP contribution in [0, 0.1) is 5.92 Å². The minimum absolute atomic E-state index is 0.0122. The maximum atomic E-state index is 12.8. The molecular weight excluding hydrogens is 332 g/mol. The number of likely N-dealkylation sites (tertiary alicyclic amines) is 1. The molecule has 2 amide bonds. The lowest BCUT2D eigenvalue weighted by Crippen LogP contribution is -2.36. The summed E-state index contributed by atoms with van der Waals surface area (Å²) < 4.78 is 10.7. The maximum absolute atomic E-state index is 12.8. The molecule has 6 heteroatoms. The molecule has 6 nitrogen and oxygen atoms in total. The molecule has 2 heterocycles. The molecule has 0 bridgehead atoms. The van der Waals surface area contributed by atoms with Crippen molar-refractivity contribution >= 4 is 11.8 Å². The second-order valence-corrected chi connectivity index (χ2v) is 6.93. The molecule has 4 rings (SSSR count). The highest BCUT2D eigenvalue weighted by atomic mass is 16.5. The SMILES string of the molecule is COc1ccccc1C1CN(C(=O)c2ccco2)CC1C(=O)NC1CC1. The van der Waals surface area contributed by atoms with E-state index in [1.54, 1.807) is 24.1 Å². The smallest absolute Gasteiger partial charge is 0.289 e. The number of methoxy groups -OCH3 is 1. The van der Waals surface area contributed by atoms with Crippen LogP contribution >= 0.6 is 0 Å². The topological polar surface area (TPSA) is 71.8 Å². The number of amides is 2. The van der Waals surface area contributed by atoms with Crippen LogP contribution < -0.4 is 10.1 Å². The third-order valence-corrected chi connectivity index (χ3v) is 5.14. The van der Waals surface area contributed by atoms with Gasteiger partial charge in [-0.2, -0.15) is 0 Å². The Bertz CT molecular complexity index is 798. The molecule has 1 aromatic heterocycles. The van der Waals surface area contributed by atoms with E-state index < -0.39 is 0 Å². The quantitative estimate of drug-likeness (QED) is 0.895. The summed E-state index contributed by atoms with van der Waals surface area (Å²) in [4.78, 5) is 27.2. The molecule has 0 spiro atoms. The Labute approximate surface area is 152 Å². The molecule has 2 atom stereocenters. The van der Waals surface area contributed by atoms with Gasteiger partial charge in [0.2, 0.25) is 5.91 Å². The number of furan rings is 1. The van der Waals surface area contributed by atoms with Gasteiger partial charge in [-0.15, -0.1) is 0 Å². The number of nitrogens with zero attached hydrogens (tertiary/aromatic N) is 1. The van der Waals surface area contributed by atoms with Crippen molar-refractivity contribution in [3.63, 3.8) is 0 Å². The summed E-state index contributed by atoms with van der Waals surface area (Å²) in [7, 11) is 1.62. The van der Waals surface area contributed by atoms with Gasteiger partial charge in [-0.3, -0.25) is 9.59 Å². The zero-order valence-corrected chi connectivity index (χ0v) is 14.7. The fourth-order valence-electron chi connectivity index (χ4n) is 3.62. The van der Waals surface area contributed by atoms with Crippen molar-refractivity contribution in [2.75, 3.05) is 20.2 Å². The predicted octanol–water partition coefficient (Wildman–Crippen LogP) is 2.42. The van der Waals surface area contributed by atoms with Crippen molar-refractivity contribution in [1.82, 2.24) is 10.2 Å². The zero-order valence-electron chi connectivity index (χ0n) is 14.7. The van der Waals surface area contributed by atoms with Gasteiger partial charge in [0.05, 0.1) is 19.3 Å². The van der Waals surface area contributed by atoms with E-state index in [1.165, 1.54) is 6.26 Å². The summed E-state index contributed by atoms with van der Waals surface area (Å²) in [6.07, 6.45) is 3.55. The van der Waals surface area contributed by atoms with E-state index in [1.807, 2.05) is 24.3 Å². The molecule has 2 aliphatic rings. The van der Waals surface area contributed by atoms with Crippen LogP contribution in [0.4, 0.5) is 0 Å². The number of hydrogen-bond acceptors (Lipinski definition) is 4. The highest BCUT2D eigenvalue weighted by Gasteiger charge is 2.43. The Morgan fingerprint density at radius 3 is 2.65 bits per heavy atom. The largest absolute Gasteiger partial charge is 0.496 e. The number of ether oxygens (including phenoxy) is 1. The molecule has 1 N–H and O–H groups in total. The van der Waals surface area contributed by atoms with Gasteiger partial charge in [0.25, 0.3) is 5.91 Å². The van der Waals surface area contributed by atoms with Gasteiger partial charge in [-0.1, -0.05) is 18.2 Å². The monoisotopic (exact) mass is 354 g/mol. The molecule has 1 aliphatic heterocycles. The van der Waals surface area contributed by atoms with Crippen LogP contribution in [0.15, 0.2) is 47.1 Å². The Balaban J connectivity index is 1.62. The van der Waals surface area contributed by atoms with Gasteiger partial charge in [0, 0.05) is 25.0 Å². The normalized spacial score (nSPS) is 22.3. The van der Waals surface area contributed by atoms with Gasteiger partial charge in [-0.25, -0.2) is 0 Å². The summed E-state index contributed by atoms with van der Waals surface area (Å²) >= 11 is 0. The van der Waals surface area contributed by atoms with Crippen LogP contribution in [-0.4, -0.2) is 43.0 Å². The third kappa shape index (κ3) is 3.19. The Hall–Kier alpha value is -2.76. The van der Waals surface area contributed by atoms with E-state index in [2.05, 4.69) is 5.32 Å². The average molecular weight is 354 g/mol. The molecule has 2 unspecified atom stereocenters. The zero-order chi connectivity index (χ0) is 18.1. The first kappa shape index (κ1) is 16.7. The van der Waals surface area contributed by atoms with Crippen molar-refractivity contribution < 1.29 is 18.7 Å². The van der Waals surface area contributed by atoms with Crippen molar-refractivity contribution in [3.05, 3.63) is 54.0 Å². The standard InChI is InChI=1S/C20H22N2O4/c1-25-17-6-3-2-5-14(17)15-11-22(20(24)18-7-4-10-26-18)12-16(15)19(23)21-13-8-9-13/h2-7,10,13,15-16H,8-9,11-12H2,1H3,(H,21,23). The first-order valence-electron chi connectivity index (χ1n) is 8.93. The maximum Gasteiger partial charge on any atom is 0.289 e. The molecule has 2 fully saturated rings. The molecule has 26 heavy (non-hydrogen) atoms. The van der Waals surface area contributed by atoms with Crippen LogP contribution in [0.25, 0.3) is 0 Å². The third-order valence-electron chi connectivity index (χ3n) is 5.14. The molecule has 2 aromatic rings. The van der Waals surface area contributed by atoms with Gasteiger partial charge in [0.1, 0.15) is 5.75 Å². The van der Waals surface area contributed by atoms with Crippen LogP contribution in [0.2, 0.25) is 0 Å². The number of carbonyl (C=O) groups is 2. The number of para-hydroxylation sites is 1. The van der Waals surface area contributed by atoms with E-state index in [4.69, 9.17) is 9.15 Å². The molecule has 1 saturated carbocycles. The molecule has 1 aliphatic carbocycles. The van der Waals surface area contributed by atoms with Crippen LogP contribution in [-0.2, 0) is 4.79 Å².